The van der Waals surface area contributed by atoms with Crippen molar-refractivity contribution in [1.29, 1.82) is 0 Å². The van der Waals surface area contributed by atoms with E-state index in [1.54, 1.807) is 24.3 Å². The van der Waals surface area contributed by atoms with E-state index in [1.165, 1.54) is 0 Å². The number of benzene rings is 3. The Bertz CT molecular complexity index is 1340. The molecule has 1 saturated carbocycles. The topological polar surface area (TPSA) is 104 Å². The lowest BCUT2D eigenvalue weighted by molar-refractivity contribution is 0.0678. The molecular weight excluding hydrogens is 478 g/mol. The molecule has 5 rings (SSSR count). The third-order valence-electron chi connectivity index (χ3n) is 7.32. The van der Waals surface area contributed by atoms with E-state index in [2.05, 4.69) is 21.6 Å². The normalized spacial score (nSPS) is 21.3. The summed E-state index contributed by atoms with van der Waals surface area (Å²) in [7, 11) is 0. The van der Waals surface area contributed by atoms with Crippen molar-refractivity contribution in [2.45, 2.75) is 52.1 Å². The van der Waals surface area contributed by atoms with Crippen LogP contribution < -0.4 is 5.32 Å². The molecule has 7 heteroatoms. The first-order chi connectivity index (χ1) is 18.4. The van der Waals surface area contributed by atoms with Crippen LogP contribution in [0, 0.1) is 25.7 Å². The van der Waals surface area contributed by atoms with Crippen molar-refractivity contribution in [3.8, 4) is 11.5 Å². The van der Waals surface area contributed by atoms with E-state index < -0.39 is 12.2 Å². The molecule has 0 aromatic heterocycles. The number of aryl methyl sites for hydroxylation is 2. The number of nitrogens with one attached hydrogen (secondary N) is 1. The first-order valence-electron chi connectivity index (χ1n) is 13.2. The molecule has 196 valence electrons. The van der Waals surface area contributed by atoms with Crippen LogP contribution in [0.1, 0.15) is 54.4 Å². The summed E-state index contributed by atoms with van der Waals surface area (Å²) in [5, 5.41) is 32.0. The van der Waals surface area contributed by atoms with Crippen molar-refractivity contribution in [2.24, 2.45) is 22.0 Å². The van der Waals surface area contributed by atoms with E-state index in [4.69, 9.17) is 4.74 Å². The summed E-state index contributed by atoms with van der Waals surface area (Å²) in [5.41, 5.74) is 6.16. The Labute approximate surface area is 222 Å². The minimum Gasteiger partial charge on any atom is -0.508 e. The van der Waals surface area contributed by atoms with Gasteiger partial charge < -0.3 is 14.9 Å². The second kappa shape index (κ2) is 11.1. The highest BCUT2D eigenvalue weighted by atomic mass is 16.6. The highest BCUT2D eigenvalue weighted by molar-refractivity contribution is 6.12. The molecule has 1 heterocycles. The average molecular weight is 512 g/mol. The van der Waals surface area contributed by atoms with Crippen LogP contribution >= 0.6 is 0 Å². The Morgan fingerprint density at radius 3 is 1.97 bits per heavy atom. The van der Waals surface area contributed by atoms with Gasteiger partial charge in [-0.05, 0) is 116 Å². The number of aromatic hydroxyl groups is 2. The summed E-state index contributed by atoms with van der Waals surface area (Å²) in [5.74, 6) is 0.122. The van der Waals surface area contributed by atoms with Gasteiger partial charge in [-0.1, -0.05) is 18.9 Å². The minimum atomic E-state index is -0.488. The highest BCUT2D eigenvalue weighted by Gasteiger charge is 2.42. The molecule has 3 unspecified atom stereocenters. The summed E-state index contributed by atoms with van der Waals surface area (Å²) < 4.78 is 6.18. The van der Waals surface area contributed by atoms with Crippen LogP contribution in [-0.2, 0) is 4.74 Å². The molecule has 3 N–H and O–H groups in total. The Morgan fingerprint density at radius 2 is 1.34 bits per heavy atom. The van der Waals surface area contributed by atoms with Gasteiger partial charge in [0.15, 0.2) is 0 Å². The fourth-order valence-corrected chi connectivity index (χ4v) is 5.68. The molecule has 7 nitrogen and oxygen atoms in total. The third-order valence-corrected chi connectivity index (χ3v) is 7.32. The van der Waals surface area contributed by atoms with Gasteiger partial charge in [-0.2, -0.15) is 10.2 Å². The van der Waals surface area contributed by atoms with Crippen LogP contribution in [-0.4, -0.2) is 33.8 Å². The van der Waals surface area contributed by atoms with Crippen LogP contribution in [0.2, 0.25) is 0 Å². The molecule has 3 aromatic rings. The Morgan fingerprint density at radius 1 is 0.789 bits per heavy atom. The number of anilines is 1. The standard InChI is InChI=1S/C31H33N3O4/c1-19-16-20(2)18-23(17-19)32-31(37)38-27-7-5-3-4-6-26-28(27)30(22-10-14-25(36)15-11-22)34-33-29(26)21-8-12-24(35)13-9-21/h8-18,26-28,35-36H,3-7H2,1-2H3,(H,32,37). The van der Waals surface area contributed by atoms with E-state index in [-0.39, 0.29) is 23.3 Å². The average Bonchev–Trinajstić information content (AvgIpc) is 2.86. The maximum atomic E-state index is 13.2. The van der Waals surface area contributed by atoms with Gasteiger partial charge >= 0.3 is 6.09 Å². The molecule has 1 amide bonds. The number of carbonyl (C=O) groups is 1. The lowest BCUT2D eigenvalue weighted by Crippen LogP contribution is -2.44. The Kier molecular flexibility index (Phi) is 7.45. The quantitative estimate of drug-likeness (QED) is 0.361. The van der Waals surface area contributed by atoms with Crippen molar-refractivity contribution >= 4 is 23.2 Å². The van der Waals surface area contributed by atoms with E-state index in [0.29, 0.717) is 12.1 Å². The summed E-state index contributed by atoms with van der Waals surface area (Å²) in [6.45, 7) is 3.99. The zero-order valence-corrected chi connectivity index (χ0v) is 21.7. The van der Waals surface area contributed by atoms with E-state index in [0.717, 1.165) is 59.4 Å². The fourth-order valence-electron chi connectivity index (χ4n) is 5.68. The molecule has 1 aliphatic carbocycles. The number of hydrogen-bond donors (Lipinski definition) is 3. The maximum absolute atomic E-state index is 13.2. The van der Waals surface area contributed by atoms with Crippen LogP contribution in [0.25, 0.3) is 0 Å². The molecule has 3 atom stereocenters. The maximum Gasteiger partial charge on any atom is 0.411 e. The van der Waals surface area contributed by atoms with Gasteiger partial charge in [-0.3, -0.25) is 5.32 Å². The van der Waals surface area contributed by atoms with Gasteiger partial charge in [0.25, 0.3) is 0 Å². The predicted octanol–water partition coefficient (Wildman–Crippen LogP) is 6.74. The Balaban J connectivity index is 1.51. The molecular formula is C31H33N3O4. The van der Waals surface area contributed by atoms with Gasteiger partial charge in [-0.15, -0.1) is 0 Å². The molecule has 3 aromatic carbocycles. The zero-order valence-electron chi connectivity index (χ0n) is 21.7. The number of hydrogen-bond acceptors (Lipinski definition) is 6. The van der Waals surface area contributed by atoms with Gasteiger partial charge in [0.2, 0.25) is 0 Å². The number of ether oxygens (including phenoxy) is 1. The van der Waals surface area contributed by atoms with Crippen LogP contribution in [0.15, 0.2) is 76.9 Å². The van der Waals surface area contributed by atoms with Crippen LogP contribution in [0.3, 0.4) is 0 Å². The lowest BCUT2D eigenvalue weighted by Gasteiger charge is -2.38. The lowest BCUT2D eigenvalue weighted by atomic mass is 9.71. The number of carbonyl (C=O) groups excluding carboxylic acids is 1. The molecule has 0 radical (unpaired) electrons. The number of amides is 1. The Hall–Kier alpha value is -4.13. The summed E-state index contributed by atoms with van der Waals surface area (Å²) >= 11 is 0. The molecule has 1 fully saturated rings. The number of fused-ring (bicyclic) bond motifs is 1. The van der Waals surface area contributed by atoms with Gasteiger partial charge in [0.05, 0.1) is 11.4 Å². The molecule has 1 aliphatic heterocycles. The second-order valence-electron chi connectivity index (χ2n) is 10.3. The fraction of sp³-hybridized carbons (Fsp3) is 0.323. The first-order valence-corrected chi connectivity index (χ1v) is 13.2. The van der Waals surface area contributed by atoms with Gasteiger partial charge in [0, 0.05) is 17.5 Å². The van der Waals surface area contributed by atoms with Crippen molar-refractivity contribution in [3.05, 3.63) is 89.0 Å². The van der Waals surface area contributed by atoms with E-state index in [1.807, 2.05) is 50.2 Å². The number of phenolic OH excluding ortho intramolecular Hbond substituents is 2. The smallest absolute Gasteiger partial charge is 0.411 e. The SMILES string of the molecule is Cc1cc(C)cc(NC(=O)OC2CCCCCC3C(c4ccc(O)cc4)=NN=C(c4ccc(O)cc4)C23)c1. The number of nitrogens with zero attached hydrogens (tertiary/aromatic N) is 2. The summed E-state index contributed by atoms with van der Waals surface area (Å²) in [4.78, 5) is 13.2. The summed E-state index contributed by atoms with van der Waals surface area (Å²) in [6.07, 6.45) is 3.69. The van der Waals surface area contributed by atoms with Gasteiger partial charge in [0.1, 0.15) is 17.6 Å². The molecule has 0 saturated heterocycles. The second-order valence-corrected chi connectivity index (χ2v) is 10.3. The van der Waals surface area contributed by atoms with Crippen LogP contribution in [0.5, 0.6) is 11.5 Å². The molecule has 38 heavy (non-hydrogen) atoms. The number of rotatable bonds is 4. The van der Waals surface area contributed by atoms with Crippen molar-refractivity contribution < 1.29 is 19.7 Å². The molecule has 0 spiro atoms. The first kappa shape index (κ1) is 25.5. The van der Waals surface area contributed by atoms with Crippen LogP contribution in [0.4, 0.5) is 10.5 Å². The van der Waals surface area contributed by atoms with Crippen molar-refractivity contribution in [3.63, 3.8) is 0 Å². The highest BCUT2D eigenvalue weighted by Crippen LogP contribution is 2.38. The minimum absolute atomic E-state index is 0.0276. The van der Waals surface area contributed by atoms with Crippen molar-refractivity contribution in [2.75, 3.05) is 5.32 Å². The van der Waals surface area contributed by atoms with Gasteiger partial charge in [-0.25, -0.2) is 4.79 Å². The third kappa shape index (κ3) is 5.72. The largest absolute Gasteiger partial charge is 0.508 e. The summed E-state index contributed by atoms with van der Waals surface area (Å²) in [6, 6.07) is 19.9. The van der Waals surface area contributed by atoms with E-state index in [9.17, 15) is 15.0 Å². The molecule has 0 bridgehead atoms. The van der Waals surface area contributed by atoms with E-state index >= 15 is 0 Å². The monoisotopic (exact) mass is 511 g/mol. The number of phenols is 2. The zero-order chi connectivity index (χ0) is 26.6. The molecule has 2 aliphatic rings. The predicted molar refractivity (Wildman–Crippen MR) is 149 cm³/mol. The van der Waals surface area contributed by atoms with Crippen molar-refractivity contribution in [1.82, 2.24) is 0 Å².